The van der Waals surface area contributed by atoms with E-state index < -0.39 is 17.9 Å². The van der Waals surface area contributed by atoms with Crippen molar-refractivity contribution < 1.29 is 28.5 Å². The van der Waals surface area contributed by atoms with Crippen LogP contribution in [0.1, 0.15) is 40.0 Å². The number of hydrogen-bond donors (Lipinski definition) is 1. The van der Waals surface area contributed by atoms with Crippen LogP contribution in [0.5, 0.6) is 11.5 Å². The van der Waals surface area contributed by atoms with Crippen molar-refractivity contribution in [1.82, 2.24) is 14.5 Å². The summed E-state index contributed by atoms with van der Waals surface area (Å²) in [5.41, 5.74) is 4.41. The third-order valence-corrected chi connectivity index (χ3v) is 7.87. The topological polar surface area (TPSA) is 95.7 Å². The molecular formula is C32H25ClFN3O5. The minimum Gasteiger partial charge on any atom is -0.485 e. The third kappa shape index (κ3) is 4.95. The molecule has 8 nitrogen and oxygen atoms in total. The molecule has 0 spiro atoms. The molecule has 0 radical (unpaired) electrons. The summed E-state index contributed by atoms with van der Waals surface area (Å²) in [7, 11) is 0. The summed E-state index contributed by atoms with van der Waals surface area (Å²) in [6.07, 6.45) is 0.945. The first-order valence-corrected chi connectivity index (χ1v) is 14.0. The number of rotatable bonds is 7. The van der Waals surface area contributed by atoms with Gasteiger partial charge >= 0.3 is 5.97 Å². The van der Waals surface area contributed by atoms with Crippen molar-refractivity contribution in [3.63, 3.8) is 0 Å². The molecule has 2 aromatic heterocycles. The molecule has 4 heterocycles. The van der Waals surface area contributed by atoms with Crippen LogP contribution in [0.4, 0.5) is 4.39 Å². The van der Waals surface area contributed by atoms with Gasteiger partial charge in [-0.1, -0.05) is 54.1 Å². The zero-order chi connectivity index (χ0) is 28.8. The Kier molecular flexibility index (Phi) is 6.76. The number of carboxylic acids is 1. The van der Waals surface area contributed by atoms with E-state index in [-0.39, 0.29) is 18.4 Å². The number of ether oxygens (including phenoxy) is 3. The second-order valence-electron chi connectivity index (χ2n) is 10.4. The van der Waals surface area contributed by atoms with E-state index in [1.54, 1.807) is 18.2 Å². The summed E-state index contributed by atoms with van der Waals surface area (Å²) in [5.74, 6) is 0.434. The standard InChI is InChI=1S/C32H25ClFN3O5/c33-20-8-9-23(24(34)15-20)28-17-41-30-22(2-1-3-27(30)42-28)19-6-4-18(5-7-19)14-29-35-25-10-11-26(32(38)39)36-31(25)37(29)16-21-12-13-40-21/h1-11,15,21,28H,12-14,16-17H2,(H,38,39). The number of aromatic nitrogens is 3. The maximum Gasteiger partial charge on any atom is 0.354 e. The van der Waals surface area contributed by atoms with Gasteiger partial charge < -0.3 is 23.9 Å². The fourth-order valence-electron chi connectivity index (χ4n) is 5.36. The van der Waals surface area contributed by atoms with Gasteiger partial charge in [0.25, 0.3) is 0 Å². The Morgan fingerprint density at radius 3 is 2.64 bits per heavy atom. The van der Waals surface area contributed by atoms with Crippen LogP contribution in [0.3, 0.4) is 0 Å². The highest BCUT2D eigenvalue weighted by Gasteiger charge is 2.27. The monoisotopic (exact) mass is 585 g/mol. The van der Waals surface area contributed by atoms with Gasteiger partial charge in [-0.05, 0) is 47.9 Å². The smallest absolute Gasteiger partial charge is 0.354 e. The Bertz CT molecular complexity index is 1820. The molecule has 2 unspecified atom stereocenters. The molecule has 1 N–H and O–H groups in total. The molecule has 0 bridgehead atoms. The van der Waals surface area contributed by atoms with Gasteiger partial charge in [-0.3, -0.25) is 0 Å². The summed E-state index contributed by atoms with van der Waals surface area (Å²) in [6.45, 7) is 1.45. The van der Waals surface area contributed by atoms with Crippen molar-refractivity contribution in [1.29, 1.82) is 0 Å². The van der Waals surface area contributed by atoms with Crippen molar-refractivity contribution in [3.05, 3.63) is 106 Å². The first-order valence-electron chi connectivity index (χ1n) is 13.6. The number of imidazole rings is 1. The first kappa shape index (κ1) is 26.4. The van der Waals surface area contributed by atoms with E-state index in [2.05, 4.69) is 4.98 Å². The molecule has 0 saturated carbocycles. The maximum atomic E-state index is 14.5. The van der Waals surface area contributed by atoms with Crippen molar-refractivity contribution in [2.75, 3.05) is 13.2 Å². The largest absolute Gasteiger partial charge is 0.485 e. The highest BCUT2D eigenvalue weighted by atomic mass is 35.5. The molecule has 1 saturated heterocycles. The lowest BCUT2D eigenvalue weighted by Gasteiger charge is -2.28. The summed E-state index contributed by atoms with van der Waals surface area (Å²) >= 11 is 5.91. The van der Waals surface area contributed by atoms with E-state index in [4.69, 9.17) is 30.8 Å². The van der Waals surface area contributed by atoms with Crippen molar-refractivity contribution in [3.8, 4) is 22.6 Å². The van der Waals surface area contributed by atoms with Gasteiger partial charge in [-0.25, -0.2) is 19.2 Å². The molecule has 1 fully saturated rings. The Hall–Kier alpha value is -4.47. The Morgan fingerprint density at radius 1 is 1.07 bits per heavy atom. The second kappa shape index (κ2) is 10.7. The molecule has 42 heavy (non-hydrogen) atoms. The maximum absolute atomic E-state index is 14.5. The number of fused-ring (bicyclic) bond motifs is 2. The number of halogens is 2. The molecule has 5 aromatic rings. The van der Waals surface area contributed by atoms with Crippen LogP contribution in [-0.4, -0.2) is 44.9 Å². The van der Waals surface area contributed by atoms with E-state index in [1.165, 1.54) is 12.1 Å². The van der Waals surface area contributed by atoms with Gasteiger partial charge in [0.15, 0.2) is 28.9 Å². The number of aromatic carboxylic acids is 1. The molecule has 2 aliphatic rings. The summed E-state index contributed by atoms with van der Waals surface area (Å²) in [6, 6.07) is 21.5. The number of benzene rings is 3. The summed E-state index contributed by atoms with van der Waals surface area (Å²) in [5, 5.41) is 9.77. The average molecular weight is 586 g/mol. The highest BCUT2D eigenvalue weighted by molar-refractivity contribution is 6.30. The minimum atomic E-state index is -1.08. The van der Waals surface area contributed by atoms with Crippen LogP contribution in [-0.2, 0) is 17.7 Å². The summed E-state index contributed by atoms with van der Waals surface area (Å²) in [4.78, 5) is 20.7. The molecular weight excluding hydrogens is 561 g/mol. The Labute approximate surface area is 245 Å². The predicted octanol–water partition coefficient (Wildman–Crippen LogP) is 6.48. The number of nitrogens with zero attached hydrogens (tertiary/aromatic N) is 3. The molecule has 2 atom stereocenters. The molecule has 2 aliphatic heterocycles. The normalized spacial score (nSPS) is 17.7. The predicted molar refractivity (Wildman–Crippen MR) is 154 cm³/mol. The third-order valence-electron chi connectivity index (χ3n) is 7.63. The number of pyridine rings is 1. The SMILES string of the molecule is O=C(O)c1ccc2nc(Cc3ccc(-c4cccc5c4OCC(c4ccc(Cl)cc4F)O5)cc3)n(CC3CCO3)c2n1. The van der Waals surface area contributed by atoms with E-state index in [9.17, 15) is 14.3 Å². The van der Waals surface area contributed by atoms with Crippen LogP contribution in [0.25, 0.3) is 22.3 Å². The zero-order valence-electron chi connectivity index (χ0n) is 22.3. The molecule has 0 aliphatic carbocycles. The van der Waals surface area contributed by atoms with Crippen molar-refractivity contribution in [2.24, 2.45) is 0 Å². The van der Waals surface area contributed by atoms with Crippen LogP contribution in [0.15, 0.2) is 72.8 Å². The van der Waals surface area contributed by atoms with Crippen molar-refractivity contribution >= 4 is 28.7 Å². The number of para-hydroxylation sites is 1. The number of carbonyl (C=O) groups is 1. The van der Waals surface area contributed by atoms with Gasteiger partial charge in [-0.2, -0.15) is 0 Å². The molecule has 7 rings (SSSR count). The number of hydrogen-bond acceptors (Lipinski definition) is 6. The quantitative estimate of drug-likeness (QED) is 0.233. The fourth-order valence-corrected chi connectivity index (χ4v) is 5.52. The number of carboxylic acid groups (broad SMARTS) is 1. The fraction of sp³-hybridized carbons (Fsp3) is 0.219. The van der Waals surface area contributed by atoms with Gasteiger partial charge in [0.2, 0.25) is 0 Å². The lowest BCUT2D eigenvalue weighted by molar-refractivity contribution is -0.0590. The lowest BCUT2D eigenvalue weighted by atomic mass is 10.0. The molecule has 0 amide bonds. The lowest BCUT2D eigenvalue weighted by Crippen LogP contribution is -2.32. The van der Waals surface area contributed by atoms with Crippen LogP contribution in [0, 0.1) is 5.82 Å². The van der Waals surface area contributed by atoms with Crippen LogP contribution in [0.2, 0.25) is 5.02 Å². The van der Waals surface area contributed by atoms with E-state index in [0.29, 0.717) is 46.2 Å². The van der Waals surface area contributed by atoms with E-state index in [0.717, 1.165) is 35.5 Å². The Balaban J connectivity index is 1.14. The first-order chi connectivity index (χ1) is 20.4. The zero-order valence-corrected chi connectivity index (χ0v) is 23.1. The van der Waals surface area contributed by atoms with Crippen molar-refractivity contribution in [2.45, 2.75) is 31.6 Å². The summed E-state index contributed by atoms with van der Waals surface area (Å²) < 4.78 is 34.4. The minimum absolute atomic E-state index is 0.0175. The van der Waals surface area contributed by atoms with Crippen LogP contribution < -0.4 is 9.47 Å². The van der Waals surface area contributed by atoms with Gasteiger partial charge in [0.05, 0.1) is 12.6 Å². The highest BCUT2D eigenvalue weighted by Crippen LogP contribution is 2.43. The van der Waals surface area contributed by atoms with Crippen LogP contribution >= 0.6 is 11.6 Å². The van der Waals surface area contributed by atoms with Gasteiger partial charge in [0, 0.05) is 29.2 Å². The Morgan fingerprint density at radius 2 is 1.90 bits per heavy atom. The molecule has 212 valence electrons. The second-order valence-corrected chi connectivity index (χ2v) is 10.8. The molecule has 10 heteroatoms. The molecule has 3 aromatic carbocycles. The average Bonchev–Trinajstić information content (AvgIpc) is 3.30. The van der Waals surface area contributed by atoms with Gasteiger partial charge in [0.1, 0.15) is 23.8 Å². The van der Waals surface area contributed by atoms with E-state index >= 15 is 0 Å². The van der Waals surface area contributed by atoms with E-state index in [1.807, 2.05) is 47.0 Å². The van der Waals surface area contributed by atoms with Gasteiger partial charge in [-0.15, -0.1) is 0 Å².